The van der Waals surface area contributed by atoms with Gasteiger partial charge in [-0.25, -0.2) is 13.9 Å². The average molecular weight is 395 g/mol. The largest absolute Gasteiger partial charge is 0.372 e. The Morgan fingerprint density at radius 2 is 2.14 bits per heavy atom. The number of likely N-dealkylation sites (tertiary alicyclic amines) is 1. The minimum Gasteiger partial charge on any atom is -0.372 e. The molecule has 1 aliphatic heterocycles. The molecule has 0 spiro atoms. The summed E-state index contributed by atoms with van der Waals surface area (Å²) in [6, 6.07) is 3.46. The molecule has 0 saturated carbocycles. The van der Waals surface area contributed by atoms with Crippen LogP contribution in [-0.4, -0.2) is 73.8 Å². The maximum absolute atomic E-state index is 14.4. The Labute approximate surface area is 166 Å². The smallest absolute Gasteiger partial charge is 0.226 e. The Hall–Kier alpha value is -3.27. The summed E-state index contributed by atoms with van der Waals surface area (Å²) in [6.45, 7) is 1.25. The van der Waals surface area contributed by atoms with Crippen molar-refractivity contribution in [3.8, 4) is 11.3 Å². The molecule has 4 aromatic heterocycles. The number of halogens is 1. The summed E-state index contributed by atoms with van der Waals surface area (Å²) < 4.78 is 16.1. The van der Waals surface area contributed by atoms with Crippen molar-refractivity contribution in [3.63, 3.8) is 0 Å². The number of piperidine rings is 1. The van der Waals surface area contributed by atoms with Crippen LogP contribution in [0, 0.1) is 0 Å². The van der Waals surface area contributed by atoms with Gasteiger partial charge in [0.15, 0.2) is 5.65 Å². The highest BCUT2D eigenvalue weighted by Gasteiger charge is 2.28. The number of H-pyrrole nitrogens is 1. The summed E-state index contributed by atoms with van der Waals surface area (Å²) in [4.78, 5) is 19.0. The van der Waals surface area contributed by atoms with Crippen molar-refractivity contribution >= 4 is 28.4 Å². The molecular weight excluding hydrogens is 373 g/mol. The van der Waals surface area contributed by atoms with Crippen molar-refractivity contribution < 1.29 is 4.39 Å². The Balaban J connectivity index is 1.52. The van der Waals surface area contributed by atoms with Crippen molar-refractivity contribution in [1.29, 1.82) is 0 Å². The molecule has 0 aromatic carbocycles. The molecule has 150 valence electrons. The third-order valence-corrected chi connectivity index (χ3v) is 5.36. The Morgan fingerprint density at radius 1 is 1.24 bits per heavy atom. The number of nitrogens with zero attached hydrogens (tertiary/aromatic N) is 6. The van der Waals surface area contributed by atoms with Gasteiger partial charge in [-0.1, -0.05) is 0 Å². The van der Waals surface area contributed by atoms with Crippen molar-refractivity contribution in [2.75, 3.05) is 37.8 Å². The second kappa shape index (κ2) is 6.96. The lowest BCUT2D eigenvalue weighted by molar-refractivity contribution is 0.149. The minimum absolute atomic E-state index is 0.297. The first-order valence-corrected chi connectivity index (χ1v) is 9.59. The summed E-state index contributed by atoms with van der Waals surface area (Å²) in [5.74, 6) is 1.07. The number of fused-ring (bicyclic) bond motifs is 2. The second-order valence-corrected chi connectivity index (χ2v) is 7.34. The summed E-state index contributed by atoms with van der Waals surface area (Å²) in [5, 5.41) is 11.3. The van der Waals surface area contributed by atoms with Crippen LogP contribution < -0.4 is 10.6 Å². The molecule has 3 N–H and O–H groups in total. The lowest BCUT2D eigenvalue weighted by Gasteiger charge is -2.32. The standard InChI is InChI=1S/C19H22FN9/c1-21-17-16-11(13-5-8-29-15(24-13)3-6-23-29)9-22-18(16)27-19(26-17)25-14-4-7-28(2)10-12(14)20/h3,5-6,8-9,12,14H,4,7,10H2,1-2H3,(H3,21,22,25,26,27)/t12-,14-/m1/s1. The third-order valence-electron chi connectivity index (χ3n) is 5.36. The molecule has 0 amide bonds. The number of hydrogen-bond acceptors (Lipinski definition) is 7. The van der Waals surface area contributed by atoms with Crippen LogP contribution in [0.15, 0.2) is 30.7 Å². The normalized spacial score (nSPS) is 20.4. The molecule has 1 aliphatic rings. The Bertz CT molecular complexity index is 1170. The first-order valence-electron chi connectivity index (χ1n) is 9.59. The van der Waals surface area contributed by atoms with E-state index in [0.717, 1.165) is 28.8 Å². The zero-order valence-corrected chi connectivity index (χ0v) is 16.2. The van der Waals surface area contributed by atoms with E-state index in [-0.39, 0.29) is 6.04 Å². The van der Waals surface area contributed by atoms with E-state index >= 15 is 0 Å². The highest BCUT2D eigenvalue weighted by Crippen LogP contribution is 2.32. The van der Waals surface area contributed by atoms with E-state index in [2.05, 4.69) is 35.7 Å². The van der Waals surface area contributed by atoms with Crippen LogP contribution >= 0.6 is 0 Å². The number of aromatic amines is 1. The van der Waals surface area contributed by atoms with Gasteiger partial charge in [-0.05, 0) is 19.5 Å². The third kappa shape index (κ3) is 3.15. The second-order valence-electron chi connectivity index (χ2n) is 7.34. The van der Waals surface area contributed by atoms with E-state index in [1.165, 1.54) is 0 Å². The van der Waals surface area contributed by atoms with Gasteiger partial charge < -0.3 is 20.5 Å². The first-order chi connectivity index (χ1) is 14.1. The van der Waals surface area contributed by atoms with Gasteiger partial charge in [0.25, 0.3) is 0 Å². The van der Waals surface area contributed by atoms with Crippen LogP contribution in [0.5, 0.6) is 0 Å². The molecule has 2 atom stereocenters. The van der Waals surface area contributed by atoms with Gasteiger partial charge in [0.1, 0.15) is 17.6 Å². The monoisotopic (exact) mass is 395 g/mol. The van der Waals surface area contributed by atoms with E-state index in [4.69, 9.17) is 0 Å². The SMILES string of the molecule is CNc1nc(N[C@@H]2CCN(C)C[C@H]2F)nc2[nH]cc(-c3ccn4nccc4n3)c12. The molecule has 5 rings (SSSR count). The maximum Gasteiger partial charge on any atom is 0.226 e. The molecule has 4 aromatic rings. The van der Waals surface area contributed by atoms with E-state index < -0.39 is 6.17 Å². The van der Waals surface area contributed by atoms with Crippen molar-refractivity contribution in [1.82, 2.24) is 34.4 Å². The number of nitrogens with one attached hydrogen (secondary N) is 3. The fraction of sp³-hybridized carbons (Fsp3) is 0.368. The van der Waals surface area contributed by atoms with Crippen molar-refractivity contribution in [2.45, 2.75) is 18.6 Å². The zero-order chi connectivity index (χ0) is 20.0. The minimum atomic E-state index is -0.961. The number of anilines is 2. The lowest BCUT2D eigenvalue weighted by atomic mass is 10.0. The Morgan fingerprint density at radius 3 is 2.97 bits per heavy atom. The van der Waals surface area contributed by atoms with Crippen molar-refractivity contribution in [2.24, 2.45) is 0 Å². The summed E-state index contributed by atoms with van der Waals surface area (Å²) >= 11 is 0. The van der Waals surface area contributed by atoms with Crippen molar-refractivity contribution in [3.05, 3.63) is 30.7 Å². The van der Waals surface area contributed by atoms with E-state index in [1.54, 1.807) is 10.7 Å². The fourth-order valence-electron chi connectivity index (χ4n) is 3.83. The average Bonchev–Trinajstić information content (AvgIpc) is 3.35. The van der Waals surface area contributed by atoms with Crippen LogP contribution in [0.2, 0.25) is 0 Å². The maximum atomic E-state index is 14.4. The zero-order valence-electron chi connectivity index (χ0n) is 16.2. The van der Waals surface area contributed by atoms with Gasteiger partial charge >= 0.3 is 0 Å². The molecule has 1 fully saturated rings. The Kier molecular flexibility index (Phi) is 4.27. The summed E-state index contributed by atoms with van der Waals surface area (Å²) in [5.41, 5.74) is 3.12. The molecule has 29 heavy (non-hydrogen) atoms. The predicted octanol–water partition coefficient (Wildman–Crippen LogP) is 2.16. The summed E-state index contributed by atoms with van der Waals surface area (Å²) in [7, 11) is 3.74. The van der Waals surface area contributed by atoms with E-state index in [0.29, 0.717) is 30.4 Å². The number of alkyl halides is 1. The number of rotatable bonds is 4. The highest BCUT2D eigenvalue weighted by molar-refractivity contribution is 6.00. The molecule has 0 bridgehead atoms. The molecule has 0 aliphatic carbocycles. The van der Waals surface area contributed by atoms with Gasteiger partial charge in [-0.3, -0.25) is 0 Å². The summed E-state index contributed by atoms with van der Waals surface area (Å²) in [6.07, 6.45) is 5.19. The van der Waals surface area contributed by atoms with Gasteiger partial charge in [-0.15, -0.1) is 0 Å². The molecule has 5 heterocycles. The van der Waals surface area contributed by atoms with Gasteiger partial charge in [0.2, 0.25) is 5.95 Å². The number of aromatic nitrogens is 6. The first kappa shape index (κ1) is 17.8. The van der Waals surface area contributed by atoms with Crippen LogP contribution in [-0.2, 0) is 0 Å². The lowest BCUT2D eigenvalue weighted by Crippen LogP contribution is -2.46. The fourth-order valence-corrected chi connectivity index (χ4v) is 3.83. The van der Waals surface area contributed by atoms with Crippen LogP contribution in [0.25, 0.3) is 27.9 Å². The van der Waals surface area contributed by atoms with Gasteiger partial charge in [0.05, 0.1) is 23.3 Å². The van der Waals surface area contributed by atoms with Crippen LogP contribution in [0.1, 0.15) is 6.42 Å². The van der Waals surface area contributed by atoms with E-state index in [9.17, 15) is 4.39 Å². The molecule has 10 heteroatoms. The highest BCUT2D eigenvalue weighted by atomic mass is 19.1. The molecular formula is C19H22FN9. The van der Waals surface area contributed by atoms with Gasteiger partial charge in [0, 0.05) is 44.2 Å². The molecule has 1 saturated heterocycles. The van der Waals surface area contributed by atoms with Gasteiger partial charge in [-0.2, -0.15) is 15.1 Å². The molecule has 0 radical (unpaired) electrons. The van der Waals surface area contributed by atoms with Crippen LogP contribution in [0.4, 0.5) is 16.2 Å². The quantitative estimate of drug-likeness (QED) is 0.487. The topological polar surface area (TPSA) is 99.1 Å². The predicted molar refractivity (Wildman–Crippen MR) is 110 cm³/mol. The molecule has 9 nitrogen and oxygen atoms in total. The molecule has 0 unspecified atom stereocenters. The van der Waals surface area contributed by atoms with E-state index in [1.807, 2.05) is 43.5 Å². The van der Waals surface area contributed by atoms with Crippen LogP contribution in [0.3, 0.4) is 0 Å². The number of hydrogen-bond donors (Lipinski definition) is 3.